The van der Waals surface area contributed by atoms with E-state index >= 15 is 0 Å². The second-order valence-corrected chi connectivity index (χ2v) is 8.35. The zero-order chi connectivity index (χ0) is 23.7. The van der Waals surface area contributed by atoms with Gasteiger partial charge in [-0.05, 0) is 50.1 Å². The first-order valence-electron chi connectivity index (χ1n) is 10.3. The smallest absolute Gasteiger partial charge is 0.410 e. The molecule has 0 heterocycles. The highest BCUT2D eigenvalue weighted by Gasteiger charge is 2.19. The topological polar surface area (TPSA) is 89.8 Å². The van der Waals surface area contributed by atoms with Gasteiger partial charge in [0.15, 0.2) is 5.96 Å². The normalized spacial score (nSPS) is 11.5. The summed E-state index contributed by atoms with van der Waals surface area (Å²) in [6.45, 7) is 6.67. The van der Waals surface area contributed by atoms with E-state index in [0.717, 1.165) is 11.1 Å². The van der Waals surface area contributed by atoms with E-state index in [1.165, 1.54) is 23.1 Å². The summed E-state index contributed by atoms with van der Waals surface area (Å²) in [6.07, 6.45) is -0.366. The molecule has 0 saturated carbocycles. The Morgan fingerprint density at radius 3 is 2.34 bits per heavy atom. The zero-order valence-corrected chi connectivity index (χ0v) is 19.2. The number of nitrogens with zero attached hydrogens (tertiary/aromatic N) is 3. The number of carbonyl (C=O) groups excluding carboxylic acids is 1. The third-order valence-corrected chi connectivity index (χ3v) is 4.45. The maximum Gasteiger partial charge on any atom is 0.410 e. The van der Waals surface area contributed by atoms with Crippen LogP contribution in [0.1, 0.15) is 43.0 Å². The Labute approximate surface area is 188 Å². The van der Waals surface area contributed by atoms with Gasteiger partial charge in [-0.1, -0.05) is 24.3 Å². The molecule has 2 N–H and O–H groups in total. The van der Waals surface area contributed by atoms with E-state index in [0.29, 0.717) is 30.2 Å². The van der Waals surface area contributed by atoms with E-state index in [-0.39, 0.29) is 18.5 Å². The summed E-state index contributed by atoms with van der Waals surface area (Å²) >= 11 is 0. The average molecular weight is 440 g/mol. The van der Waals surface area contributed by atoms with Gasteiger partial charge in [0.2, 0.25) is 0 Å². The number of benzene rings is 2. The molecule has 2 aromatic carbocycles. The van der Waals surface area contributed by atoms with Crippen molar-refractivity contribution in [3.63, 3.8) is 0 Å². The van der Waals surface area contributed by atoms with E-state index in [1.54, 1.807) is 14.1 Å². The summed E-state index contributed by atoms with van der Waals surface area (Å²) in [6, 6.07) is 14.1. The molecule has 2 rings (SSSR count). The van der Waals surface area contributed by atoms with Crippen molar-refractivity contribution >= 4 is 12.1 Å². The zero-order valence-electron chi connectivity index (χ0n) is 19.2. The van der Waals surface area contributed by atoms with Crippen LogP contribution in [0.5, 0.6) is 0 Å². The summed E-state index contributed by atoms with van der Waals surface area (Å²) in [7, 11) is 3.33. The molecule has 32 heavy (non-hydrogen) atoms. The molecule has 0 radical (unpaired) electrons. The Kier molecular flexibility index (Phi) is 8.59. The molecule has 0 fully saturated rings. The molecule has 0 atom stereocenters. The van der Waals surface area contributed by atoms with Crippen molar-refractivity contribution in [2.45, 2.75) is 46.0 Å². The maximum atomic E-state index is 13.9. The number of ether oxygens (including phenoxy) is 1. The summed E-state index contributed by atoms with van der Waals surface area (Å²) in [4.78, 5) is 17.8. The molecule has 2 aromatic rings. The molecule has 170 valence electrons. The minimum atomic E-state index is -0.530. The molecule has 0 aliphatic carbocycles. The Morgan fingerprint density at radius 1 is 1.12 bits per heavy atom. The van der Waals surface area contributed by atoms with Crippen LogP contribution in [-0.2, 0) is 24.4 Å². The molecule has 7 nitrogen and oxygen atoms in total. The first-order chi connectivity index (χ1) is 15.1. The Bertz CT molecular complexity index is 991. The van der Waals surface area contributed by atoms with Crippen LogP contribution < -0.4 is 10.6 Å². The lowest BCUT2D eigenvalue weighted by Gasteiger charge is -2.24. The number of halogens is 1. The lowest BCUT2D eigenvalue weighted by molar-refractivity contribution is 0.0285. The van der Waals surface area contributed by atoms with Gasteiger partial charge in [0.25, 0.3) is 0 Å². The molecule has 0 spiro atoms. The van der Waals surface area contributed by atoms with Crippen LogP contribution in [0, 0.1) is 17.1 Å². The van der Waals surface area contributed by atoms with Crippen LogP contribution in [0.4, 0.5) is 9.18 Å². The fraction of sp³-hybridized carbons (Fsp3) is 0.375. The number of guanidine groups is 1. The molecule has 0 aliphatic heterocycles. The minimum absolute atomic E-state index is 0.205. The average Bonchev–Trinajstić information content (AvgIpc) is 2.74. The maximum absolute atomic E-state index is 13.9. The molecule has 0 aromatic heterocycles. The third-order valence-electron chi connectivity index (χ3n) is 4.45. The van der Waals surface area contributed by atoms with Crippen molar-refractivity contribution in [1.82, 2.24) is 15.5 Å². The standard InChI is InChI=1S/C24H30FN5O2/c1-24(2,3)32-23(31)30(5)16-18-8-6-17(7-9-18)14-28-22(27-4)29-15-20-12-19(13-26)10-11-21(20)25/h6-12H,14-16H2,1-5H3,(H2,27,28,29). The third kappa shape index (κ3) is 7.91. The number of aliphatic imine (C=N–C) groups is 1. The highest BCUT2D eigenvalue weighted by molar-refractivity contribution is 5.79. The number of amides is 1. The Balaban J connectivity index is 1.86. The van der Waals surface area contributed by atoms with Crippen LogP contribution in [0.25, 0.3) is 0 Å². The van der Waals surface area contributed by atoms with Gasteiger partial charge in [0.1, 0.15) is 11.4 Å². The molecular formula is C24H30FN5O2. The van der Waals surface area contributed by atoms with Gasteiger partial charge in [-0.15, -0.1) is 0 Å². The first-order valence-corrected chi connectivity index (χ1v) is 10.3. The fourth-order valence-electron chi connectivity index (χ4n) is 2.81. The summed E-state index contributed by atoms with van der Waals surface area (Å²) in [5.41, 5.74) is 2.28. The van der Waals surface area contributed by atoms with Crippen LogP contribution in [-0.4, -0.2) is 36.6 Å². The van der Waals surface area contributed by atoms with Crippen LogP contribution >= 0.6 is 0 Å². The molecule has 0 saturated heterocycles. The van der Waals surface area contributed by atoms with E-state index in [4.69, 9.17) is 10.00 Å². The number of carbonyl (C=O) groups is 1. The lowest BCUT2D eigenvalue weighted by atomic mass is 10.1. The first kappa shape index (κ1) is 24.7. The van der Waals surface area contributed by atoms with Crippen LogP contribution in [0.2, 0.25) is 0 Å². The Hall–Kier alpha value is -3.60. The predicted octanol–water partition coefficient (Wildman–Crippen LogP) is 3.93. The molecule has 0 unspecified atom stereocenters. The number of hydrogen-bond donors (Lipinski definition) is 2. The molecule has 1 amide bonds. The van der Waals surface area contributed by atoms with Crippen LogP contribution in [0.15, 0.2) is 47.5 Å². The van der Waals surface area contributed by atoms with E-state index < -0.39 is 5.60 Å². The Morgan fingerprint density at radius 2 is 1.75 bits per heavy atom. The van der Waals surface area contributed by atoms with Gasteiger partial charge in [-0.3, -0.25) is 4.99 Å². The van der Waals surface area contributed by atoms with E-state index in [1.807, 2.05) is 51.1 Å². The number of hydrogen-bond acceptors (Lipinski definition) is 4. The fourth-order valence-corrected chi connectivity index (χ4v) is 2.81. The number of nitrogens with one attached hydrogen (secondary N) is 2. The van der Waals surface area contributed by atoms with E-state index in [9.17, 15) is 9.18 Å². The second-order valence-electron chi connectivity index (χ2n) is 8.35. The van der Waals surface area contributed by atoms with Gasteiger partial charge in [0.05, 0.1) is 11.6 Å². The molecule has 0 bridgehead atoms. The highest BCUT2D eigenvalue weighted by Crippen LogP contribution is 2.12. The van der Waals surface area contributed by atoms with Gasteiger partial charge in [-0.25, -0.2) is 9.18 Å². The van der Waals surface area contributed by atoms with E-state index in [2.05, 4.69) is 15.6 Å². The summed E-state index contributed by atoms with van der Waals surface area (Å²) in [5.74, 6) is 0.138. The lowest BCUT2D eigenvalue weighted by Crippen LogP contribution is -2.36. The predicted molar refractivity (Wildman–Crippen MR) is 122 cm³/mol. The van der Waals surface area contributed by atoms with Gasteiger partial charge in [0, 0.05) is 39.3 Å². The second kappa shape index (κ2) is 11.1. The summed E-state index contributed by atoms with van der Waals surface area (Å²) < 4.78 is 19.3. The number of nitriles is 1. The number of rotatable bonds is 6. The monoisotopic (exact) mass is 439 g/mol. The minimum Gasteiger partial charge on any atom is -0.444 e. The van der Waals surface area contributed by atoms with Crippen molar-refractivity contribution in [1.29, 1.82) is 5.26 Å². The quantitative estimate of drug-likeness (QED) is 0.526. The SMILES string of the molecule is CN=C(NCc1ccc(CN(C)C(=O)OC(C)(C)C)cc1)NCc1cc(C#N)ccc1F. The van der Waals surface area contributed by atoms with Gasteiger partial charge in [-0.2, -0.15) is 5.26 Å². The molecular weight excluding hydrogens is 409 g/mol. The van der Waals surface area contributed by atoms with Crippen molar-refractivity contribution in [2.75, 3.05) is 14.1 Å². The molecule has 8 heteroatoms. The van der Waals surface area contributed by atoms with Crippen molar-refractivity contribution < 1.29 is 13.9 Å². The summed E-state index contributed by atoms with van der Waals surface area (Å²) in [5, 5.41) is 15.2. The van der Waals surface area contributed by atoms with Crippen LogP contribution in [0.3, 0.4) is 0 Å². The van der Waals surface area contributed by atoms with Crippen molar-refractivity contribution in [2.24, 2.45) is 4.99 Å². The highest BCUT2D eigenvalue weighted by atomic mass is 19.1. The van der Waals surface area contributed by atoms with Gasteiger partial charge < -0.3 is 20.3 Å². The van der Waals surface area contributed by atoms with Gasteiger partial charge >= 0.3 is 6.09 Å². The largest absolute Gasteiger partial charge is 0.444 e. The van der Waals surface area contributed by atoms with Crippen molar-refractivity contribution in [3.8, 4) is 6.07 Å². The molecule has 0 aliphatic rings. The van der Waals surface area contributed by atoms with Crippen molar-refractivity contribution in [3.05, 3.63) is 70.5 Å².